The van der Waals surface area contributed by atoms with E-state index in [4.69, 9.17) is 0 Å². The maximum absolute atomic E-state index is 3.94. The first kappa shape index (κ1) is 10.7. The fourth-order valence-corrected chi connectivity index (χ4v) is 1.29. The van der Waals surface area contributed by atoms with Crippen LogP contribution in [-0.4, -0.2) is 13.3 Å². The van der Waals surface area contributed by atoms with Gasteiger partial charge in [0.2, 0.25) is 0 Å². The Morgan fingerprint density at radius 3 is 2.27 bits per heavy atom. The number of nitrogens with zero attached hydrogens (tertiary/aromatic N) is 1. The standard InChI is InChI=1S/C10H21N/c1-5-9(3)7-10(6-2)8-11-4/h9-10H,4-8H2,1-3H3. The van der Waals surface area contributed by atoms with E-state index in [9.17, 15) is 0 Å². The summed E-state index contributed by atoms with van der Waals surface area (Å²) in [6.45, 7) is 11.3. The summed E-state index contributed by atoms with van der Waals surface area (Å²) >= 11 is 0. The van der Waals surface area contributed by atoms with Crippen molar-refractivity contribution in [3.63, 3.8) is 0 Å². The van der Waals surface area contributed by atoms with Gasteiger partial charge in [0.05, 0.1) is 0 Å². The highest BCUT2D eigenvalue weighted by atomic mass is 14.7. The Bertz CT molecular complexity index is 99.0. The van der Waals surface area contributed by atoms with Gasteiger partial charge in [-0.3, -0.25) is 0 Å². The first-order valence-corrected chi connectivity index (χ1v) is 4.67. The average Bonchev–Trinajstić information content (AvgIpc) is 2.03. The molecule has 2 atom stereocenters. The molecule has 0 aromatic carbocycles. The minimum atomic E-state index is 0.766. The van der Waals surface area contributed by atoms with E-state index in [0.29, 0.717) is 0 Å². The molecule has 0 saturated carbocycles. The van der Waals surface area contributed by atoms with Gasteiger partial charge in [-0.15, -0.1) is 0 Å². The van der Waals surface area contributed by atoms with Gasteiger partial charge < -0.3 is 4.99 Å². The molecule has 0 aromatic rings. The molecule has 1 nitrogen and oxygen atoms in total. The summed E-state index contributed by atoms with van der Waals surface area (Å²) in [6, 6.07) is 0. The highest BCUT2D eigenvalue weighted by molar-refractivity contribution is 5.23. The van der Waals surface area contributed by atoms with E-state index in [-0.39, 0.29) is 0 Å². The summed E-state index contributed by atoms with van der Waals surface area (Å²) in [5.74, 6) is 1.61. The van der Waals surface area contributed by atoms with Crippen molar-refractivity contribution in [2.24, 2.45) is 16.8 Å². The van der Waals surface area contributed by atoms with E-state index in [1.807, 2.05) is 0 Å². The van der Waals surface area contributed by atoms with Gasteiger partial charge >= 0.3 is 0 Å². The summed E-state index contributed by atoms with van der Waals surface area (Å²) < 4.78 is 0. The van der Waals surface area contributed by atoms with Gasteiger partial charge in [0, 0.05) is 6.54 Å². The Morgan fingerprint density at radius 1 is 1.27 bits per heavy atom. The van der Waals surface area contributed by atoms with Gasteiger partial charge in [-0.1, -0.05) is 33.6 Å². The summed E-state index contributed by atoms with van der Waals surface area (Å²) in [4.78, 5) is 3.94. The van der Waals surface area contributed by atoms with Crippen molar-refractivity contribution in [2.75, 3.05) is 6.54 Å². The van der Waals surface area contributed by atoms with Crippen LogP contribution >= 0.6 is 0 Å². The molecule has 0 rings (SSSR count). The lowest BCUT2D eigenvalue weighted by Crippen LogP contribution is -2.08. The first-order valence-electron chi connectivity index (χ1n) is 4.67. The van der Waals surface area contributed by atoms with Crippen LogP contribution in [0, 0.1) is 11.8 Å². The lowest BCUT2D eigenvalue weighted by Gasteiger charge is -2.15. The summed E-state index contributed by atoms with van der Waals surface area (Å²) in [6.07, 6.45) is 3.84. The summed E-state index contributed by atoms with van der Waals surface area (Å²) in [7, 11) is 0. The molecule has 66 valence electrons. The monoisotopic (exact) mass is 155 g/mol. The zero-order valence-corrected chi connectivity index (χ0v) is 8.14. The van der Waals surface area contributed by atoms with Crippen molar-refractivity contribution < 1.29 is 0 Å². The van der Waals surface area contributed by atoms with E-state index in [0.717, 1.165) is 18.4 Å². The third-order valence-corrected chi connectivity index (χ3v) is 2.40. The fourth-order valence-electron chi connectivity index (χ4n) is 1.29. The number of hydrogen-bond donors (Lipinski definition) is 0. The molecule has 0 amide bonds. The zero-order valence-electron chi connectivity index (χ0n) is 8.14. The molecule has 0 heterocycles. The average molecular weight is 155 g/mol. The van der Waals surface area contributed by atoms with Crippen molar-refractivity contribution in [3.05, 3.63) is 0 Å². The van der Waals surface area contributed by atoms with E-state index in [2.05, 4.69) is 32.5 Å². The highest BCUT2D eigenvalue weighted by Crippen LogP contribution is 2.17. The zero-order chi connectivity index (χ0) is 8.69. The molecule has 2 unspecified atom stereocenters. The van der Waals surface area contributed by atoms with Crippen LogP contribution < -0.4 is 0 Å². The lowest BCUT2D eigenvalue weighted by molar-refractivity contribution is 0.381. The highest BCUT2D eigenvalue weighted by Gasteiger charge is 2.08. The van der Waals surface area contributed by atoms with Gasteiger partial charge in [-0.05, 0) is 25.0 Å². The molecule has 11 heavy (non-hydrogen) atoms. The molecular formula is C10H21N. The number of hydrogen-bond acceptors (Lipinski definition) is 1. The maximum atomic E-state index is 3.94. The third kappa shape index (κ3) is 5.00. The molecule has 0 spiro atoms. The minimum absolute atomic E-state index is 0.766. The van der Waals surface area contributed by atoms with Crippen LogP contribution in [0.15, 0.2) is 4.99 Å². The molecule has 0 aliphatic heterocycles. The van der Waals surface area contributed by atoms with Crippen LogP contribution in [0.1, 0.15) is 40.0 Å². The van der Waals surface area contributed by atoms with Crippen LogP contribution in [0.5, 0.6) is 0 Å². The van der Waals surface area contributed by atoms with Gasteiger partial charge in [0.25, 0.3) is 0 Å². The predicted octanol–water partition coefficient (Wildman–Crippen LogP) is 3.15. The summed E-state index contributed by atoms with van der Waals surface area (Å²) in [5.41, 5.74) is 0. The minimum Gasteiger partial charge on any atom is -0.301 e. The second kappa shape index (κ2) is 6.38. The van der Waals surface area contributed by atoms with Crippen molar-refractivity contribution in [1.82, 2.24) is 0 Å². The van der Waals surface area contributed by atoms with Crippen molar-refractivity contribution in [1.29, 1.82) is 0 Å². The molecular weight excluding hydrogens is 134 g/mol. The van der Waals surface area contributed by atoms with E-state index < -0.39 is 0 Å². The molecule has 0 radical (unpaired) electrons. The Labute approximate surface area is 70.9 Å². The smallest absolute Gasteiger partial charge is 0.0410 e. The third-order valence-electron chi connectivity index (χ3n) is 2.40. The van der Waals surface area contributed by atoms with E-state index >= 15 is 0 Å². The van der Waals surface area contributed by atoms with Crippen LogP contribution in [0.3, 0.4) is 0 Å². The van der Waals surface area contributed by atoms with Crippen LogP contribution in [0.25, 0.3) is 0 Å². The molecule has 0 aromatic heterocycles. The van der Waals surface area contributed by atoms with Crippen LogP contribution in [-0.2, 0) is 0 Å². The van der Waals surface area contributed by atoms with Gasteiger partial charge in [-0.25, -0.2) is 0 Å². The van der Waals surface area contributed by atoms with E-state index in [1.54, 1.807) is 0 Å². The van der Waals surface area contributed by atoms with Crippen molar-refractivity contribution in [3.8, 4) is 0 Å². The second-order valence-corrected chi connectivity index (χ2v) is 3.43. The molecule has 0 N–H and O–H groups in total. The SMILES string of the molecule is C=NCC(CC)CC(C)CC. The molecule has 0 bridgehead atoms. The number of rotatable bonds is 6. The lowest BCUT2D eigenvalue weighted by atomic mass is 9.92. The first-order chi connectivity index (χ1) is 5.24. The van der Waals surface area contributed by atoms with Gasteiger partial charge in [0.15, 0.2) is 0 Å². The Morgan fingerprint density at radius 2 is 1.91 bits per heavy atom. The van der Waals surface area contributed by atoms with Gasteiger partial charge in [0.1, 0.15) is 0 Å². The Kier molecular flexibility index (Phi) is 6.19. The maximum Gasteiger partial charge on any atom is 0.0410 e. The fraction of sp³-hybridized carbons (Fsp3) is 0.900. The van der Waals surface area contributed by atoms with Crippen molar-refractivity contribution >= 4 is 6.72 Å². The Balaban J connectivity index is 3.57. The normalized spacial score (nSPS) is 15.9. The van der Waals surface area contributed by atoms with Gasteiger partial charge in [-0.2, -0.15) is 0 Å². The molecule has 1 heteroatoms. The quantitative estimate of drug-likeness (QED) is 0.522. The van der Waals surface area contributed by atoms with Crippen molar-refractivity contribution in [2.45, 2.75) is 40.0 Å². The second-order valence-electron chi connectivity index (χ2n) is 3.43. The Hall–Kier alpha value is -0.330. The molecule has 0 aliphatic rings. The van der Waals surface area contributed by atoms with Crippen LogP contribution in [0.4, 0.5) is 0 Å². The van der Waals surface area contributed by atoms with E-state index in [1.165, 1.54) is 19.3 Å². The molecule has 0 saturated heterocycles. The predicted molar refractivity (Wildman–Crippen MR) is 52.3 cm³/mol. The molecule has 0 aliphatic carbocycles. The topological polar surface area (TPSA) is 12.4 Å². The largest absolute Gasteiger partial charge is 0.301 e. The number of aliphatic imine (C=N–C) groups is 1. The molecule has 0 fully saturated rings. The summed E-state index contributed by atoms with van der Waals surface area (Å²) in [5, 5.41) is 0. The van der Waals surface area contributed by atoms with Crippen LogP contribution in [0.2, 0.25) is 0 Å².